The van der Waals surface area contributed by atoms with Crippen molar-refractivity contribution in [2.45, 2.75) is 25.9 Å². The Balaban J connectivity index is 1.93. The molecule has 1 heterocycles. The summed E-state index contributed by atoms with van der Waals surface area (Å²) in [4.78, 5) is 0. The number of hydrogen-bond donors (Lipinski definition) is 0. The molecule has 2 aliphatic rings. The molecule has 1 saturated heterocycles. The molecule has 1 aliphatic carbocycles. The quantitative estimate of drug-likeness (QED) is 0.460. The summed E-state index contributed by atoms with van der Waals surface area (Å²) in [6, 6.07) is 0. The summed E-state index contributed by atoms with van der Waals surface area (Å²) >= 11 is 0. The lowest BCUT2D eigenvalue weighted by molar-refractivity contribution is 0.0221. The summed E-state index contributed by atoms with van der Waals surface area (Å²) in [5.74, 6) is 2.02. The second kappa shape index (κ2) is 1.47. The van der Waals surface area contributed by atoms with Crippen molar-refractivity contribution in [2.24, 2.45) is 11.8 Å². The van der Waals surface area contributed by atoms with Gasteiger partial charge in [-0.25, -0.2) is 0 Å². The first-order valence-corrected chi connectivity index (χ1v) is 3.48. The van der Waals surface area contributed by atoms with Crippen LogP contribution < -0.4 is 0 Å². The third kappa shape index (κ3) is 0.655. The zero-order chi connectivity index (χ0) is 5.56. The first kappa shape index (κ1) is 4.80. The highest BCUT2D eigenvalue weighted by Gasteiger charge is 2.41. The fourth-order valence-corrected chi connectivity index (χ4v) is 1.59. The van der Waals surface area contributed by atoms with Gasteiger partial charge in [0.25, 0.3) is 0 Å². The number of fused-ring (bicyclic) bond motifs is 1. The Bertz CT molecular complexity index is 101. The van der Waals surface area contributed by atoms with Crippen molar-refractivity contribution < 1.29 is 4.74 Å². The highest BCUT2D eigenvalue weighted by Crippen LogP contribution is 2.45. The van der Waals surface area contributed by atoms with Gasteiger partial charge in [-0.05, 0) is 31.6 Å². The van der Waals surface area contributed by atoms with Gasteiger partial charge in [0.15, 0.2) is 0 Å². The lowest BCUT2D eigenvalue weighted by atomic mass is 10.1. The second-order valence-corrected chi connectivity index (χ2v) is 3.14. The fourth-order valence-electron chi connectivity index (χ4n) is 1.59. The molecular formula is C7H12O. The van der Waals surface area contributed by atoms with E-state index in [0.717, 1.165) is 18.4 Å². The smallest absolute Gasteiger partial charge is 0.0549 e. The zero-order valence-corrected chi connectivity index (χ0v) is 5.26. The zero-order valence-electron chi connectivity index (χ0n) is 5.26. The monoisotopic (exact) mass is 112 g/mol. The molecule has 3 atom stereocenters. The minimum absolute atomic E-state index is 0.554. The lowest BCUT2D eigenvalue weighted by Gasteiger charge is -2.16. The predicted octanol–water partition coefficient (Wildman–Crippen LogP) is 1.43. The van der Waals surface area contributed by atoms with E-state index in [1.165, 1.54) is 12.8 Å². The van der Waals surface area contributed by atoms with Crippen LogP contribution in [0.2, 0.25) is 0 Å². The lowest BCUT2D eigenvalue weighted by Crippen LogP contribution is -2.16. The van der Waals surface area contributed by atoms with E-state index >= 15 is 0 Å². The van der Waals surface area contributed by atoms with Crippen molar-refractivity contribution in [2.75, 3.05) is 6.61 Å². The maximum atomic E-state index is 5.43. The third-order valence-electron chi connectivity index (χ3n) is 2.30. The summed E-state index contributed by atoms with van der Waals surface area (Å²) in [7, 11) is 0. The topological polar surface area (TPSA) is 9.23 Å². The third-order valence-corrected chi connectivity index (χ3v) is 2.30. The number of rotatable bonds is 0. The van der Waals surface area contributed by atoms with E-state index in [4.69, 9.17) is 4.74 Å². The Labute approximate surface area is 50.0 Å². The van der Waals surface area contributed by atoms with E-state index in [-0.39, 0.29) is 0 Å². The van der Waals surface area contributed by atoms with E-state index in [0.29, 0.717) is 6.10 Å². The van der Waals surface area contributed by atoms with Crippen molar-refractivity contribution in [1.29, 1.82) is 0 Å². The maximum Gasteiger partial charge on any atom is 0.0549 e. The van der Waals surface area contributed by atoms with Crippen LogP contribution in [0.1, 0.15) is 19.8 Å². The SMILES string of the molecule is CC1CC2CC2CO1. The van der Waals surface area contributed by atoms with Gasteiger partial charge in [-0.1, -0.05) is 0 Å². The maximum absolute atomic E-state index is 5.43. The van der Waals surface area contributed by atoms with Crippen molar-refractivity contribution >= 4 is 0 Å². The van der Waals surface area contributed by atoms with Crippen LogP contribution in [0.3, 0.4) is 0 Å². The average Bonchev–Trinajstić information content (AvgIpc) is 2.43. The average molecular weight is 112 g/mol. The molecule has 3 unspecified atom stereocenters. The molecule has 0 amide bonds. The molecule has 0 N–H and O–H groups in total. The van der Waals surface area contributed by atoms with Gasteiger partial charge in [-0.2, -0.15) is 0 Å². The summed E-state index contributed by atoms with van der Waals surface area (Å²) < 4.78 is 5.43. The van der Waals surface area contributed by atoms with Gasteiger partial charge < -0.3 is 4.74 Å². The van der Waals surface area contributed by atoms with Gasteiger partial charge in [0, 0.05) is 0 Å². The molecular weight excluding hydrogens is 100 g/mol. The van der Waals surface area contributed by atoms with E-state index < -0.39 is 0 Å². The molecule has 0 bridgehead atoms. The van der Waals surface area contributed by atoms with Gasteiger partial charge in [-0.15, -0.1) is 0 Å². The summed E-state index contributed by atoms with van der Waals surface area (Å²) in [6.07, 6.45) is 3.33. The Morgan fingerprint density at radius 2 is 2.12 bits per heavy atom. The Morgan fingerprint density at radius 3 is 2.75 bits per heavy atom. The minimum Gasteiger partial charge on any atom is -0.378 e. The molecule has 0 radical (unpaired) electrons. The van der Waals surface area contributed by atoms with E-state index in [1.807, 2.05) is 0 Å². The molecule has 0 aromatic rings. The molecule has 46 valence electrons. The van der Waals surface area contributed by atoms with E-state index in [9.17, 15) is 0 Å². The molecule has 0 spiro atoms. The van der Waals surface area contributed by atoms with E-state index in [1.54, 1.807) is 0 Å². The molecule has 1 saturated carbocycles. The second-order valence-electron chi connectivity index (χ2n) is 3.14. The van der Waals surface area contributed by atoms with Gasteiger partial charge in [-0.3, -0.25) is 0 Å². The summed E-state index contributed by atoms with van der Waals surface area (Å²) in [6.45, 7) is 3.22. The fraction of sp³-hybridized carbons (Fsp3) is 1.00. The van der Waals surface area contributed by atoms with E-state index in [2.05, 4.69) is 6.92 Å². The highest BCUT2D eigenvalue weighted by molar-refractivity contribution is 4.90. The van der Waals surface area contributed by atoms with Gasteiger partial charge in [0.05, 0.1) is 12.7 Å². The van der Waals surface area contributed by atoms with Crippen LogP contribution in [0.4, 0.5) is 0 Å². The van der Waals surface area contributed by atoms with Crippen molar-refractivity contribution in [3.05, 3.63) is 0 Å². The minimum atomic E-state index is 0.554. The Morgan fingerprint density at radius 1 is 1.25 bits per heavy atom. The first-order chi connectivity index (χ1) is 3.86. The van der Waals surface area contributed by atoms with Crippen LogP contribution in [0.25, 0.3) is 0 Å². The molecule has 2 rings (SSSR count). The summed E-state index contributed by atoms with van der Waals surface area (Å²) in [5, 5.41) is 0. The highest BCUT2D eigenvalue weighted by atomic mass is 16.5. The summed E-state index contributed by atoms with van der Waals surface area (Å²) in [5.41, 5.74) is 0. The van der Waals surface area contributed by atoms with Crippen LogP contribution >= 0.6 is 0 Å². The van der Waals surface area contributed by atoms with Crippen LogP contribution in [0.15, 0.2) is 0 Å². The predicted molar refractivity (Wildman–Crippen MR) is 31.6 cm³/mol. The molecule has 0 aromatic heterocycles. The molecule has 0 aromatic carbocycles. The van der Waals surface area contributed by atoms with Crippen LogP contribution in [0.5, 0.6) is 0 Å². The van der Waals surface area contributed by atoms with Crippen LogP contribution in [0, 0.1) is 11.8 Å². The van der Waals surface area contributed by atoms with Crippen molar-refractivity contribution in [3.8, 4) is 0 Å². The first-order valence-electron chi connectivity index (χ1n) is 3.48. The molecule has 1 heteroatoms. The molecule has 2 fully saturated rings. The molecule has 1 nitrogen and oxygen atoms in total. The number of hydrogen-bond acceptors (Lipinski definition) is 1. The Hall–Kier alpha value is -0.0400. The largest absolute Gasteiger partial charge is 0.378 e. The standard InChI is InChI=1S/C7H12O/c1-5-2-6-3-7(6)4-8-5/h5-7H,2-4H2,1H3. The van der Waals surface area contributed by atoms with Gasteiger partial charge in [0.2, 0.25) is 0 Å². The van der Waals surface area contributed by atoms with Crippen LogP contribution in [-0.4, -0.2) is 12.7 Å². The van der Waals surface area contributed by atoms with Gasteiger partial charge in [0.1, 0.15) is 0 Å². The molecule has 8 heavy (non-hydrogen) atoms. The van der Waals surface area contributed by atoms with Crippen molar-refractivity contribution in [1.82, 2.24) is 0 Å². The number of ether oxygens (including phenoxy) is 1. The molecule has 1 aliphatic heterocycles. The van der Waals surface area contributed by atoms with Gasteiger partial charge >= 0.3 is 0 Å². The van der Waals surface area contributed by atoms with Crippen molar-refractivity contribution in [3.63, 3.8) is 0 Å². The normalized spacial score (nSPS) is 52.9. The van der Waals surface area contributed by atoms with Crippen LogP contribution in [-0.2, 0) is 4.74 Å². The Kier molecular flexibility index (Phi) is 0.884.